The Morgan fingerprint density at radius 2 is 1.47 bits per heavy atom. The second kappa shape index (κ2) is 9.68. The molecule has 0 aliphatic rings. The van der Waals surface area contributed by atoms with Crippen LogP contribution in [0.3, 0.4) is 0 Å². The molecule has 0 N–H and O–H groups in total. The molecule has 0 spiro atoms. The minimum absolute atomic E-state index is 1.10. The minimum atomic E-state index is -2.18. The van der Waals surface area contributed by atoms with Crippen molar-refractivity contribution in [3.8, 4) is 0 Å². The predicted molar refractivity (Wildman–Crippen MR) is 88.5 cm³/mol. The molecule has 0 aliphatic heterocycles. The van der Waals surface area contributed by atoms with Gasteiger partial charge in [0.1, 0.15) is 0 Å². The third-order valence-electron chi connectivity index (χ3n) is 4.22. The molecule has 1 rings (SSSR count). The number of hydrogen-bond acceptors (Lipinski definition) is 1. The van der Waals surface area contributed by atoms with E-state index >= 15 is 0 Å². The van der Waals surface area contributed by atoms with Gasteiger partial charge >= 0.3 is 124 Å². The van der Waals surface area contributed by atoms with Gasteiger partial charge in [0.05, 0.1) is 0 Å². The summed E-state index contributed by atoms with van der Waals surface area (Å²) < 4.78 is 6.24. The van der Waals surface area contributed by atoms with Crippen LogP contribution in [0.5, 0.6) is 0 Å². The number of nitrogens with zero attached hydrogens (tertiary/aromatic N) is 1. The summed E-state index contributed by atoms with van der Waals surface area (Å²) in [5, 5.41) is 0. The zero-order chi connectivity index (χ0) is 14.0. The van der Waals surface area contributed by atoms with E-state index in [1.807, 2.05) is 12.4 Å². The van der Waals surface area contributed by atoms with Crippen molar-refractivity contribution in [1.29, 1.82) is 0 Å². The number of hydrogen-bond donors (Lipinski definition) is 0. The molecule has 0 fully saturated rings. The van der Waals surface area contributed by atoms with Gasteiger partial charge in [-0.05, 0) is 0 Å². The molecule has 0 saturated carbocycles. The van der Waals surface area contributed by atoms with Crippen molar-refractivity contribution in [2.45, 2.75) is 65.7 Å². The summed E-state index contributed by atoms with van der Waals surface area (Å²) in [5.74, 6) is 0. The predicted octanol–water partition coefficient (Wildman–Crippen LogP) is 4.95. The third-order valence-corrected chi connectivity index (χ3v) is 19.9. The monoisotopic (exact) mass is 368 g/mol. The van der Waals surface area contributed by atoms with Gasteiger partial charge in [0, 0.05) is 0 Å². The second-order valence-corrected chi connectivity index (χ2v) is 18.9. The molecule has 0 radical (unpaired) electrons. The third kappa shape index (κ3) is 5.37. The van der Waals surface area contributed by atoms with E-state index in [9.17, 15) is 0 Å². The molecule has 0 saturated heterocycles. The fraction of sp³-hybridized carbons (Fsp3) is 0.647. The zero-order valence-corrected chi connectivity index (χ0v) is 15.7. The van der Waals surface area contributed by atoms with Crippen LogP contribution >= 0.6 is 0 Å². The van der Waals surface area contributed by atoms with Crippen LogP contribution in [0.4, 0.5) is 0 Å². The SMILES string of the molecule is [CH2+]CC[CH2][Sn]([CH2]CCC)([CH2]CCC)[c]1ccncc1. The standard InChI is InChI=1S/C5H4N.2C4H9.C4H8.Sn/c1-2-4-6-5-3-1;3*1-3-4-2;/h2-5H;2*1,3-4H2,2H3;1-4H2;/q;;;+1;. The van der Waals surface area contributed by atoms with Gasteiger partial charge in [-0.2, -0.15) is 0 Å². The van der Waals surface area contributed by atoms with Gasteiger partial charge in [0.2, 0.25) is 0 Å². The van der Waals surface area contributed by atoms with E-state index in [1.165, 1.54) is 45.4 Å². The normalized spacial score (nSPS) is 11.7. The van der Waals surface area contributed by atoms with Gasteiger partial charge < -0.3 is 0 Å². The summed E-state index contributed by atoms with van der Waals surface area (Å²) in [6.07, 6.45) is 11.9. The van der Waals surface area contributed by atoms with E-state index < -0.39 is 18.4 Å². The van der Waals surface area contributed by atoms with E-state index in [1.54, 1.807) is 3.58 Å². The number of rotatable bonds is 10. The molecule has 0 amide bonds. The van der Waals surface area contributed by atoms with Crippen molar-refractivity contribution >= 4 is 22.0 Å². The van der Waals surface area contributed by atoms with Gasteiger partial charge in [-0.15, -0.1) is 0 Å². The Kier molecular flexibility index (Phi) is 8.60. The molecular weight excluding hydrogens is 337 g/mol. The quantitative estimate of drug-likeness (QED) is 0.421. The molecule has 1 aromatic rings. The average Bonchev–Trinajstić information content (AvgIpc) is 2.48. The van der Waals surface area contributed by atoms with Crippen molar-refractivity contribution in [1.82, 2.24) is 4.98 Å². The maximum absolute atomic E-state index is 4.22. The summed E-state index contributed by atoms with van der Waals surface area (Å²) in [6, 6.07) is 4.65. The molecule has 0 unspecified atom stereocenters. The summed E-state index contributed by atoms with van der Waals surface area (Å²) in [5.41, 5.74) is 0. The first-order chi connectivity index (χ1) is 9.29. The van der Waals surface area contributed by atoms with Gasteiger partial charge in [-0.25, -0.2) is 0 Å². The number of unbranched alkanes of at least 4 members (excludes halogenated alkanes) is 3. The van der Waals surface area contributed by atoms with Crippen molar-refractivity contribution in [2.75, 3.05) is 0 Å². The first-order valence-corrected chi connectivity index (χ1v) is 15.5. The molecule has 1 aromatic heterocycles. The second-order valence-electron chi connectivity index (χ2n) is 5.68. The molecule has 1 nitrogen and oxygen atoms in total. The van der Waals surface area contributed by atoms with Crippen LogP contribution < -0.4 is 3.58 Å². The van der Waals surface area contributed by atoms with Crippen molar-refractivity contribution in [3.63, 3.8) is 0 Å². The summed E-state index contributed by atoms with van der Waals surface area (Å²) in [7, 11) is 0. The molecule has 2 heteroatoms. The van der Waals surface area contributed by atoms with Gasteiger partial charge in [0.15, 0.2) is 0 Å². The van der Waals surface area contributed by atoms with Gasteiger partial charge in [-0.1, -0.05) is 0 Å². The van der Waals surface area contributed by atoms with Crippen LogP contribution in [0.15, 0.2) is 24.5 Å². The summed E-state index contributed by atoms with van der Waals surface area (Å²) >= 11 is -2.18. The van der Waals surface area contributed by atoms with Gasteiger partial charge in [0.25, 0.3) is 0 Å². The van der Waals surface area contributed by atoms with E-state index in [0.717, 1.165) is 6.42 Å². The van der Waals surface area contributed by atoms with E-state index in [-0.39, 0.29) is 0 Å². The summed E-state index contributed by atoms with van der Waals surface area (Å²) in [6.45, 7) is 8.71. The molecule has 0 aliphatic carbocycles. The Balaban J connectivity index is 2.94. The molecule has 0 atom stereocenters. The fourth-order valence-corrected chi connectivity index (χ4v) is 18.6. The Bertz CT molecular complexity index is 302. The van der Waals surface area contributed by atoms with Crippen molar-refractivity contribution in [2.24, 2.45) is 0 Å². The molecule has 19 heavy (non-hydrogen) atoms. The molecule has 0 bridgehead atoms. The van der Waals surface area contributed by atoms with Crippen molar-refractivity contribution < 1.29 is 0 Å². The van der Waals surface area contributed by atoms with Crippen molar-refractivity contribution in [3.05, 3.63) is 31.5 Å². The van der Waals surface area contributed by atoms with Crippen LogP contribution in [-0.4, -0.2) is 23.4 Å². The number of aromatic nitrogens is 1. The molecule has 106 valence electrons. The maximum atomic E-state index is 4.22. The Morgan fingerprint density at radius 1 is 0.947 bits per heavy atom. The van der Waals surface area contributed by atoms with Crippen LogP contribution in [-0.2, 0) is 0 Å². The molecule has 0 aromatic carbocycles. The van der Waals surface area contributed by atoms with Crippen LogP contribution in [0, 0.1) is 6.92 Å². The number of pyridine rings is 1. The van der Waals surface area contributed by atoms with Gasteiger partial charge in [-0.3, -0.25) is 0 Å². The Morgan fingerprint density at radius 3 is 1.95 bits per heavy atom. The van der Waals surface area contributed by atoms with Crippen LogP contribution in [0.25, 0.3) is 0 Å². The zero-order valence-electron chi connectivity index (χ0n) is 12.8. The topological polar surface area (TPSA) is 12.9 Å². The van der Waals surface area contributed by atoms with E-state index in [4.69, 9.17) is 0 Å². The first-order valence-electron chi connectivity index (χ1n) is 7.99. The van der Waals surface area contributed by atoms with E-state index in [0.29, 0.717) is 0 Å². The average molecular weight is 367 g/mol. The van der Waals surface area contributed by atoms with E-state index in [2.05, 4.69) is 37.9 Å². The Labute approximate surface area is 124 Å². The molecular formula is C17H30NSn+. The fourth-order valence-electron chi connectivity index (χ4n) is 3.01. The Hall–Kier alpha value is -0.181. The van der Waals surface area contributed by atoms with Crippen LogP contribution in [0.2, 0.25) is 13.3 Å². The first kappa shape index (κ1) is 16.9. The van der Waals surface area contributed by atoms with Crippen LogP contribution in [0.1, 0.15) is 52.4 Å². The molecule has 1 heterocycles. The summed E-state index contributed by atoms with van der Waals surface area (Å²) in [4.78, 5) is 4.22.